The Morgan fingerprint density at radius 2 is 1.83 bits per heavy atom. The van der Waals surface area contributed by atoms with Crippen molar-refractivity contribution >= 4 is 29.0 Å². The van der Waals surface area contributed by atoms with Crippen LogP contribution in [0, 0.1) is 11.6 Å². The van der Waals surface area contributed by atoms with Crippen molar-refractivity contribution in [1.82, 2.24) is 5.01 Å². The fraction of sp³-hybridized carbons (Fsp3) is 0.125. The smallest absolute Gasteiger partial charge is 0.297 e. The Labute approximate surface area is 136 Å². The summed E-state index contributed by atoms with van der Waals surface area (Å²) in [5, 5.41) is 0.847. The van der Waals surface area contributed by atoms with E-state index in [0.717, 1.165) is 11.1 Å². The number of ether oxygens (including phenoxy) is 1. The number of benzene rings is 2. The number of carbonyl (C=O) groups is 1. The summed E-state index contributed by atoms with van der Waals surface area (Å²) in [5.74, 6) is -2.82. The number of amides is 1. The molecule has 0 radical (unpaired) electrons. The van der Waals surface area contributed by atoms with Gasteiger partial charge in [0.05, 0.1) is 5.69 Å². The number of rotatable bonds is 3. The lowest BCUT2D eigenvalue weighted by atomic mass is 9.94. The molecule has 0 spiro atoms. The average molecular weight is 334 g/mol. The molecule has 1 atom stereocenters. The normalized spacial score (nSPS) is 20.6. The van der Waals surface area contributed by atoms with Gasteiger partial charge in [-0.15, -0.1) is 0 Å². The number of thiocarbonyl (C=S) groups is 1. The molecule has 0 aliphatic carbocycles. The first-order valence-electron chi connectivity index (χ1n) is 6.77. The van der Waals surface area contributed by atoms with Gasteiger partial charge in [-0.25, -0.2) is 8.78 Å². The molecule has 2 aromatic rings. The predicted molar refractivity (Wildman–Crippen MR) is 84.3 cm³/mol. The van der Waals surface area contributed by atoms with Crippen molar-refractivity contribution in [3.8, 4) is 0 Å². The molecule has 7 heteroatoms. The molecule has 0 saturated carbocycles. The Balaban J connectivity index is 1.95. The standard InChI is InChI=1S/C16H12F2N2O2S/c1-16(11-8-5-9-12(17)13(11)18)14(21)20(15(23)22-16)19-10-6-3-2-4-7-10/h2-9,19H,1H3. The zero-order valence-electron chi connectivity index (χ0n) is 12.0. The Morgan fingerprint density at radius 1 is 1.13 bits per heavy atom. The molecular weight excluding hydrogens is 322 g/mol. The van der Waals surface area contributed by atoms with Crippen LogP contribution in [0.5, 0.6) is 0 Å². The zero-order valence-corrected chi connectivity index (χ0v) is 12.9. The molecule has 1 aliphatic heterocycles. The molecule has 1 unspecified atom stereocenters. The summed E-state index contributed by atoms with van der Waals surface area (Å²) in [6.07, 6.45) is 0. The highest BCUT2D eigenvalue weighted by atomic mass is 32.1. The molecule has 4 nitrogen and oxygen atoms in total. The van der Waals surface area contributed by atoms with Crippen LogP contribution in [0.2, 0.25) is 0 Å². The van der Waals surface area contributed by atoms with Crippen molar-refractivity contribution in [1.29, 1.82) is 0 Å². The van der Waals surface area contributed by atoms with E-state index in [0.29, 0.717) is 5.69 Å². The fourth-order valence-electron chi connectivity index (χ4n) is 2.34. The van der Waals surface area contributed by atoms with E-state index in [2.05, 4.69) is 5.43 Å². The summed E-state index contributed by atoms with van der Waals surface area (Å²) in [7, 11) is 0. The largest absolute Gasteiger partial charge is 0.448 e. The maximum atomic E-state index is 14.1. The van der Waals surface area contributed by atoms with Crippen LogP contribution in [0.25, 0.3) is 0 Å². The summed E-state index contributed by atoms with van der Waals surface area (Å²) in [4.78, 5) is 12.7. The molecule has 0 bridgehead atoms. The van der Waals surface area contributed by atoms with E-state index in [-0.39, 0.29) is 10.7 Å². The summed E-state index contributed by atoms with van der Waals surface area (Å²) in [6, 6.07) is 12.4. The highest BCUT2D eigenvalue weighted by molar-refractivity contribution is 7.80. The minimum Gasteiger partial charge on any atom is -0.448 e. The van der Waals surface area contributed by atoms with Crippen LogP contribution in [-0.2, 0) is 15.1 Å². The van der Waals surface area contributed by atoms with Crippen LogP contribution in [0.3, 0.4) is 0 Å². The van der Waals surface area contributed by atoms with Gasteiger partial charge in [-0.3, -0.25) is 10.2 Å². The third-order valence-corrected chi connectivity index (χ3v) is 3.83. The second-order valence-corrected chi connectivity index (χ2v) is 5.47. The van der Waals surface area contributed by atoms with E-state index >= 15 is 0 Å². The summed E-state index contributed by atoms with van der Waals surface area (Å²) in [6.45, 7) is 1.35. The van der Waals surface area contributed by atoms with E-state index < -0.39 is 23.1 Å². The molecule has 1 N–H and O–H groups in total. The van der Waals surface area contributed by atoms with Crippen molar-refractivity contribution in [2.24, 2.45) is 0 Å². The molecular formula is C16H12F2N2O2S. The van der Waals surface area contributed by atoms with Gasteiger partial charge < -0.3 is 4.74 Å². The van der Waals surface area contributed by atoms with E-state index in [1.165, 1.54) is 19.1 Å². The van der Waals surface area contributed by atoms with Gasteiger partial charge >= 0.3 is 0 Å². The van der Waals surface area contributed by atoms with Gasteiger partial charge in [0.25, 0.3) is 11.1 Å². The van der Waals surface area contributed by atoms with Crippen LogP contribution in [0.1, 0.15) is 12.5 Å². The molecule has 1 amide bonds. The number of hydrazine groups is 1. The SMILES string of the molecule is CC1(c2cccc(F)c2F)OC(=S)N(Nc2ccccc2)C1=O. The van der Waals surface area contributed by atoms with Crippen molar-refractivity contribution < 1.29 is 18.3 Å². The van der Waals surface area contributed by atoms with Crippen LogP contribution < -0.4 is 5.43 Å². The predicted octanol–water partition coefficient (Wildman–Crippen LogP) is 3.35. The van der Waals surface area contributed by atoms with Gasteiger partial charge in [-0.2, -0.15) is 5.01 Å². The van der Waals surface area contributed by atoms with E-state index in [1.807, 2.05) is 6.07 Å². The minimum atomic E-state index is -1.73. The molecule has 1 fully saturated rings. The lowest BCUT2D eigenvalue weighted by Gasteiger charge is -2.21. The monoisotopic (exact) mass is 334 g/mol. The number of hydrogen-bond acceptors (Lipinski definition) is 4. The van der Waals surface area contributed by atoms with Gasteiger partial charge in [0, 0.05) is 5.56 Å². The van der Waals surface area contributed by atoms with Crippen molar-refractivity contribution in [2.45, 2.75) is 12.5 Å². The number of nitrogens with zero attached hydrogens (tertiary/aromatic N) is 1. The van der Waals surface area contributed by atoms with Crippen LogP contribution >= 0.6 is 12.2 Å². The lowest BCUT2D eigenvalue weighted by molar-refractivity contribution is -0.135. The van der Waals surface area contributed by atoms with Gasteiger partial charge in [-0.05, 0) is 37.3 Å². The molecule has 3 rings (SSSR count). The third kappa shape index (κ3) is 2.53. The first kappa shape index (κ1) is 15.4. The quantitative estimate of drug-likeness (QED) is 0.874. The molecule has 1 saturated heterocycles. The molecule has 2 aromatic carbocycles. The molecule has 0 aromatic heterocycles. The number of carbonyl (C=O) groups excluding carboxylic acids is 1. The van der Waals surface area contributed by atoms with E-state index in [1.54, 1.807) is 24.3 Å². The highest BCUT2D eigenvalue weighted by Gasteiger charge is 2.52. The first-order valence-corrected chi connectivity index (χ1v) is 7.18. The summed E-state index contributed by atoms with van der Waals surface area (Å²) >= 11 is 5.05. The third-order valence-electron chi connectivity index (χ3n) is 3.57. The van der Waals surface area contributed by atoms with Crippen molar-refractivity contribution in [3.05, 3.63) is 65.7 Å². The Hall–Kier alpha value is -2.54. The van der Waals surface area contributed by atoms with Crippen LogP contribution in [0.4, 0.5) is 14.5 Å². The van der Waals surface area contributed by atoms with Crippen LogP contribution in [0.15, 0.2) is 48.5 Å². The Morgan fingerprint density at radius 3 is 2.52 bits per heavy atom. The molecule has 1 aliphatic rings. The van der Waals surface area contributed by atoms with E-state index in [4.69, 9.17) is 17.0 Å². The minimum absolute atomic E-state index is 0.162. The number of nitrogens with one attached hydrogen (secondary N) is 1. The maximum Gasteiger partial charge on any atom is 0.297 e. The topological polar surface area (TPSA) is 41.6 Å². The van der Waals surface area contributed by atoms with Gasteiger partial charge in [0.2, 0.25) is 5.60 Å². The van der Waals surface area contributed by atoms with Crippen LogP contribution in [-0.4, -0.2) is 16.1 Å². The lowest BCUT2D eigenvalue weighted by Crippen LogP contribution is -2.40. The van der Waals surface area contributed by atoms with E-state index in [9.17, 15) is 13.6 Å². The maximum absolute atomic E-state index is 14.1. The van der Waals surface area contributed by atoms with Gasteiger partial charge in [-0.1, -0.05) is 30.3 Å². The highest BCUT2D eigenvalue weighted by Crippen LogP contribution is 2.36. The van der Waals surface area contributed by atoms with Crippen molar-refractivity contribution in [3.63, 3.8) is 0 Å². The summed E-state index contributed by atoms with van der Waals surface area (Å²) in [5.41, 5.74) is 1.47. The molecule has 1 heterocycles. The molecule has 118 valence electrons. The van der Waals surface area contributed by atoms with Gasteiger partial charge in [0.1, 0.15) is 0 Å². The zero-order chi connectivity index (χ0) is 16.6. The number of halogens is 2. The fourth-order valence-corrected chi connectivity index (χ4v) is 2.64. The average Bonchev–Trinajstić information content (AvgIpc) is 2.75. The Bertz CT molecular complexity index is 785. The number of para-hydroxylation sites is 1. The van der Waals surface area contributed by atoms with Crippen molar-refractivity contribution in [2.75, 3.05) is 5.43 Å². The Kier molecular flexibility index (Phi) is 3.73. The van der Waals surface area contributed by atoms with Gasteiger partial charge in [0.15, 0.2) is 11.6 Å². The second-order valence-electron chi connectivity index (χ2n) is 5.12. The number of hydrogen-bond donors (Lipinski definition) is 1. The second kappa shape index (κ2) is 5.58. The number of anilines is 1. The summed E-state index contributed by atoms with van der Waals surface area (Å²) < 4.78 is 32.9. The first-order chi connectivity index (χ1) is 10.9. The molecule has 23 heavy (non-hydrogen) atoms.